The summed E-state index contributed by atoms with van der Waals surface area (Å²) in [7, 11) is 0. The minimum absolute atomic E-state index is 0.291. The number of carbonyl (C=O) groups is 1. The Kier molecular flexibility index (Phi) is 4.94. The van der Waals surface area contributed by atoms with Crippen LogP contribution in [0.25, 0.3) is 0 Å². The van der Waals surface area contributed by atoms with Crippen molar-refractivity contribution in [1.29, 1.82) is 0 Å². The van der Waals surface area contributed by atoms with E-state index in [1.165, 1.54) is 12.8 Å². The summed E-state index contributed by atoms with van der Waals surface area (Å²) < 4.78 is 1.97. The van der Waals surface area contributed by atoms with Crippen molar-refractivity contribution < 1.29 is 4.79 Å². The van der Waals surface area contributed by atoms with Crippen LogP contribution in [-0.4, -0.2) is 15.6 Å². The van der Waals surface area contributed by atoms with Crippen molar-refractivity contribution in [2.24, 2.45) is 0 Å². The Labute approximate surface area is 115 Å². The Morgan fingerprint density at radius 3 is 2.89 bits per heavy atom. The number of hydrogen-bond donors (Lipinski definition) is 0. The lowest BCUT2D eigenvalue weighted by atomic mass is 10.0. The molecule has 1 aromatic heterocycles. The van der Waals surface area contributed by atoms with Crippen LogP contribution in [0.1, 0.15) is 57.3 Å². The highest BCUT2D eigenvalue weighted by atomic mass is 16.1. The van der Waals surface area contributed by atoms with E-state index < -0.39 is 0 Å². The van der Waals surface area contributed by atoms with Gasteiger partial charge in [-0.25, -0.2) is 0 Å². The third-order valence-electron chi connectivity index (χ3n) is 3.82. The van der Waals surface area contributed by atoms with Crippen molar-refractivity contribution in [1.82, 2.24) is 9.78 Å². The summed E-state index contributed by atoms with van der Waals surface area (Å²) in [4.78, 5) is 12.4. The van der Waals surface area contributed by atoms with Crippen LogP contribution in [0.5, 0.6) is 0 Å². The molecule has 0 amide bonds. The summed E-state index contributed by atoms with van der Waals surface area (Å²) in [6.07, 6.45) is 9.25. The van der Waals surface area contributed by atoms with E-state index in [1.807, 2.05) is 4.68 Å². The number of carbonyl (C=O) groups excluding carboxylic acids is 1. The standard InChI is InChI=1S/C16H24N2O/c1-3-14-11-15(18(4-2)17-14)12-16(19)13-9-7-5-6-8-10-13/h9,11H,3-8,10,12H2,1-2H3. The zero-order chi connectivity index (χ0) is 13.7. The van der Waals surface area contributed by atoms with Crippen molar-refractivity contribution in [3.8, 4) is 0 Å². The number of aryl methyl sites for hydroxylation is 2. The lowest BCUT2D eigenvalue weighted by molar-refractivity contribution is -0.115. The Bertz CT molecular complexity index is 471. The van der Waals surface area contributed by atoms with Gasteiger partial charge in [0.1, 0.15) is 0 Å². The molecule has 104 valence electrons. The van der Waals surface area contributed by atoms with Crippen molar-refractivity contribution in [3.63, 3.8) is 0 Å². The summed E-state index contributed by atoms with van der Waals surface area (Å²) in [6.45, 7) is 5.01. The van der Waals surface area contributed by atoms with E-state index in [2.05, 4.69) is 31.1 Å². The predicted octanol–water partition coefficient (Wildman–Crippen LogP) is 3.47. The van der Waals surface area contributed by atoms with Gasteiger partial charge in [0.15, 0.2) is 5.78 Å². The van der Waals surface area contributed by atoms with E-state index in [0.717, 1.165) is 49.2 Å². The van der Waals surface area contributed by atoms with Crippen LogP contribution in [0.4, 0.5) is 0 Å². The van der Waals surface area contributed by atoms with Crippen LogP contribution in [0.15, 0.2) is 17.7 Å². The molecular formula is C16H24N2O. The topological polar surface area (TPSA) is 34.9 Å². The zero-order valence-corrected chi connectivity index (χ0v) is 12.1. The quantitative estimate of drug-likeness (QED) is 0.812. The number of ketones is 1. The van der Waals surface area contributed by atoms with Gasteiger partial charge in [-0.05, 0) is 50.7 Å². The zero-order valence-electron chi connectivity index (χ0n) is 12.1. The molecule has 19 heavy (non-hydrogen) atoms. The van der Waals surface area contributed by atoms with Gasteiger partial charge >= 0.3 is 0 Å². The van der Waals surface area contributed by atoms with E-state index in [0.29, 0.717) is 12.2 Å². The Hall–Kier alpha value is -1.38. The van der Waals surface area contributed by atoms with E-state index in [1.54, 1.807) is 0 Å². The summed E-state index contributed by atoms with van der Waals surface area (Å²) in [5.41, 5.74) is 3.19. The average molecular weight is 260 g/mol. The lowest BCUT2D eigenvalue weighted by Gasteiger charge is -2.06. The number of allylic oxidation sites excluding steroid dienone is 2. The second-order valence-corrected chi connectivity index (χ2v) is 5.22. The Morgan fingerprint density at radius 2 is 2.16 bits per heavy atom. The first kappa shape index (κ1) is 14.0. The molecule has 1 heterocycles. The first-order valence-corrected chi connectivity index (χ1v) is 7.52. The number of Topliss-reactive ketones (excluding diaryl/α,β-unsaturated/α-hetero) is 1. The second kappa shape index (κ2) is 6.69. The molecule has 2 rings (SSSR count). The van der Waals surface area contributed by atoms with Crippen molar-refractivity contribution in [3.05, 3.63) is 29.1 Å². The maximum Gasteiger partial charge on any atom is 0.164 e. The van der Waals surface area contributed by atoms with Gasteiger partial charge in [-0.15, -0.1) is 0 Å². The van der Waals surface area contributed by atoms with Crippen LogP contribution >= 0.6 is 0 Å². The fourth-order valence-electron chi connectivity index (χ4n) is 2.65. The number of aromatic nitrogens is 2. The fourth-order valence-corrected chi connectivity index (χ4v) is 2.65. The predicted molar refractivity (Wildman–Crippen MR) is 77.2 cm³/mol. The smallest absolute Gasteiger partial charge is 0.164 e. The van der Waals surface area contributed by atoms with Gasteiger partial charge < -0.3 is 0 Å². The Balaban J connectivity index is 2.09. The molecule has 1 aliphatic carbocycles. The molecule has 1 aliphatic rings. The van der Waals surface area contributed by atoms with Crippen molar-refractivity contribution >= 4 is 5.78 Å². The Morgan fingerprint density at radius 1 is 1.32 bits per heavy atom. The van der Waals surface area contributed by atoms with Crippen LogP contribution in [0, 0.1) is 0 Å². The van der Waals surface area contributed by atoms with Crippen LogP contribution in [0.2, 0.25) is 0 Å². The van der Waals surface area contributed by atoms with Gasteiger partial charge in [0.05, 0.1) is 12.1 Å². The molecule has 0 atom stereocenters. The van der Waals surface area contributed by atoms with Gasteiger partial charge in [0, 0.05) is 12.2 Å². The molecule has 0 saturated heterocycles. The molecule has 0 N–H and O–H groups in total. The van der Waals surface area contributed by atoms with E-state index >= 15 is 0 Å². The second-order valence-electron chi connectivity index (χ2n) is 5.22. The van der Waals surface area contributed by atoms with E-state index in [4.69, 9.17) is 0 Å². The molecule has 3 heteroatoms. The molecule has 0 radical (unpaired) electrons. The molecule has 0 saturated carbocycles. The maximum absolute atomic E-state index is 12.4. The largest absolute Gasteiger partial charge is 0.294 e. The van der Waals surface area contributed by atoms with Crippen LogP contribution < -0.4 is 0 Å². The minimum Gasteiger partial charge on any atom is -0.294 e. The molecule has 0 aliphatic heterocycles. The molecule has 3 nitrogen and oxygen atoms in total. The maximum atomic E-state index is 12.4. The first-order valence-electron chi connectivity index (χ1n) is 7.52. The van der Waals surface area contributed by atoms with Gasteiger partial charge in [-0.1, -0.05) is 19.4 Å². The van der Waals surface area contributed by atoms with E-state index in [-0.39, 0.29) is 0 Å². The molecule has 0 aromatic carbocycles. The third kappa shape index (κ3) is 3.55. The molecule has 0 spiro atoms. The van der Waals surface area contributed by atoms with Gasteiger partial charge in [0.2, 0.25) is 0 Å². The molecule has 1 aromatic rings. The summed E-state index contributed by atoms with van der Waals surface area (Å²) in [6, 6.07) is 2.08. The number of nitrogens with zero attached hydrogens (tertiary/aromatic N) is 2. The SMILES string of the molecule is CCc1cc(CC(=O)C2=CCCCCC2)n(CC)n1. The summed E-state index contributed by atoms with van der Waals surface area (Å²) >= 11 is 0. The first-order chi connectivity index (χ1) is 9.24. The molecule has 0 fully saturated rings. The molecule has 0 bridgehead atoms. The minimum atomic E-state index is 0.291. The number of hydrogen-bond acceptors (Lipinski definition) is 2. The summed E-state index contributed by atoms with van der Waals surface area (Å²) in [5.74, 6) is 0.291. The van der Waals surface area contributed by atoms with Crippen LogP contribution in [-0.2, 0) is 24.2 Å². The van der Waals surface area contributed by atoms with Crippen molar-refractivity contribution in [2.75, 3.05) is 0 Å². The van der Waals surface area contributed by atoms with Gasteiger partial charge in [0.25, 0.3) is 0 Å². The summed E-state index contributed by atoms with van der Waals surface area (Å²) in [5, 5.41) is 4.51. The number of rotatable bonds is 5. The molecular weight excluding hydrogens is 236 g/mol. The van der Waals surface area contributed by atoms with Crippen molar-refractivity contribution in [2.45, 2.75) is 65.3 Å². The fraction of sp³-hybridized carbons (Fsp3) is 0.625. The highest BCUT2D eigenvalue weighted by Gasteiger charge is 2.15. The third-order valence-corrected chi connectivity index (χ3v) is 3.82. The molecule has 0 unspecified atom stereocenters. The van der Waals surface area contributed by atoms with Gasteiger partial charge in [-0.2, -0.15) is 5.10 Å². The lowest BCUT2D eigenvalue weighted by Crippen LogP contribution is -2.11. The highest BCUT2D eigenvalue weighted by Crippen LogP contribution is 2.19. The normalized spacial score (nSPS) is 16.0. The monoisotopic (exact) mass is 260 g/mol. The van der Waals surface area contributed by atoms with Gasteiger partial charge in [-0.3, -0.25) is 9.48 Å². The highest BCUT2D eigenvalue weighted by molar-refractivity contribution is 5.96. The van der Waals surface area contributed by atoms with Crippen LogP contribution in [0.3, 0.4) is 0 Å². The van der Waals surface area contributed by atoms with E-state index in [9.17, 15) is 4.79 Å². The average Bonchev–Trinajstić information content (AvgIpc) is 2.64.